The van der Waals surface area contributed by atoms with Crippen LogP contribution in [0.5, 0.6) is 0 Å². The number of amides is 1. The predicted octanol–water partition coefficient (Wildman–Crippen LogP) is 2.60. The molecule has 4 N–H and O–H groups in total. The molecule has 1 fully saturated rings. The fourth-order valence-electron chi connectivity index (χ4n) is 3.10. The molecule has 0 atom stereocenters. The van der Waals surface area contributed by atoms with Gasteiger partial charge in [-0.3, -0.25) is 9.35 Å². The Morgan fingerprint density at radius 2 is 1.85 bits per heavy atom. The largest absolute Gasteiger partial charge is 0.383 e. The van der Waals surface area contributed by atoms with Crippen LogP contribution in [0.25, 0.3) is 11.1 Å². The Hall–Kier alpha value is -3.28. The smallest absolute Gasteiger partial charge is 0.261 e. The number of anilines is 2. The summed E-state index contributed by atoms with van der Waals surface area (Å²) >= 11 is 0. The number of carbonyl (C=O) groups is 1. The summed E-state index contributed by atoms with van der Waals surface area (Å²) in [7, 11) is -3.67. The number of nitrogens with one attached hydrogen (secondary N) is 1. The van der Waals surface area contributed by atoms with E-state index in [1.807, 2.05) is 44.2 Å². The first kappa shape index (κ1) is 24.4. The maximum absolute atomic E-state index is 12.3. The molecule has 0 spiro atoms. The number of nitrogens with zero attached hydrogens (tertiary/aromatic N) is 2. The van der Waals surface area contributed by atoms with Crippen LogP contribution in [-0.2, 0) is 31.5 Å². The summed E-state index contributed by atoms with van der Waals surface area (Å²) < 4.78 is 36.4. The summed E-state index contributed by atoms with van der Waals surface area (Å²) in [6.45, 7) is 5.18. The Labute approximate surface area is 191 Å². The molecule has 3 aromatic rings. The molecule has 0 saturated carbocycles. The SMILES string of the molecule is CS(=O)(=O)O.Cc1cc(-c2ccc(CC(=O)Nc3cc(C4(C)COC4)on3)cc2)cnc1N. The second-order valence-corrected chi connectivity index (χ2v) is 9.68. The van der Waals surface area contributed by atoms with Crippen molar-refractivity contribution < 1.29 is 27.0 Å². The van der Waals surface area contributed by atoms with Crippen molar-refractivity contribution in [3.8, 4) is 11.1 Å². The molecular formula is C22H26N4O6S. The van der Waals surface area contributed by atoms with Gasteiger partial charge in [-0.15, -0.1) is 0 Å². The van der Waals surface area contributed by atoms with Crippen molar-refractivity contribution in [2.24, 2.45) is 0 Å². The molecule has 1 aliphatic heterocycles. The van der Waals surface area contributed by atoms with Crippen LogP contribution in [0.1, 0.15) is 23.8 Å². The van der Waals surface area contributed by atoms with E-state index in [2.05, 4.69) is 15.5 Å². The van der Waals surface area contributed by atoms with Gasteiger partial charge in [-0.25, -0.2) is 4.98 Å². The first-order chi connectivity index (χ1) is 15.4. The number of hydrogen-bond acceptors (Lipinski definition) is 8. The van der Waals surface area contributed by atoms with E-state index in [0.29, 0.717) is 31.1 Å². The molecule has 4 rings (SSSR count). The van der Waals surface area contributed by atoms with Crippen molar-refractivity contribution in [2.75, 3.05) is 30.5 Å². The average Bonchev–Trinajstić information content (AvgIpc) is 3.16. The Kier molecular flexibility index (Phi) is 7.15. The molecule has 11 heteroatoms. The summed E-state index contributed by atoms with van der Waals surface area (Å²) in [5, 5.41) is 6.72. The quantitative estimate of drug-likeness (QED) is 0.473. The van der Waals surface area contributed by atoms with Gasteiger partial charge in [0, 0.05) is 17.8 Å². The highest BCUT2D eigenvalue weighted by atomic mass is 32.2. The number of ether oxygens (including phenoxy) is 1. The maximum Gasteiger partial charge on any atom is 0.261 e. The molecule has 3 heterocycles. The lowest BCUT2D eigenvalue weighted by atomic mass is 9.86. The summed E-state index contributed by atoms with van der Waals surface area (Å²) in [5.41, 5.74) is 9.48. The van der Waals surface area contributed by atoms with Crippen molar-refractivity contribution in [3.05, 3.63) is 59.5 Å². The maximum atomic E-state index is 12.3. The van der Waals surface area contributed by atoms with E-state index in [1.165, 1.54) is 0 Å². The van der Waals surface area contributed by atoms with Gasteiger partial charge in [0.15, 0.2) is 5.82 Å². The van der Waals surface area contributed by atoms with Crippen LogP contribution < -0.4 is 11.1 Å². The van der Waals surface area contributed by atoms with Crippen molar-refractivity contribution in [3.63, 3.8) is 0 Å². The third-order valence-electron chi connectivity index (χ3n) is 4.98. The number of pyridine rings is 1. The third-order valence-corrected chi connectivity index (χ3v) is 4.98. The molecule has 1 saturated heterocycles. The van der Waals surface area contributed by atoms with E-state index >= 15 is 0 Å². The normalized spacial score (nSPS) is 14.5. The van der Waals surface area contributed by atoms with E-state index in [0.717, 1.165) is 28.0 Å². The number of aromatic nitrogens is 2. The van der Waals surface area contributed by atoms with E-state index in [4.69, 9.17) is 19.5 Å². The first-order valence-corrected chi connectivity index (χ1v) is 11.9. The Bertz CT molecular complexity index is 1230. The molecule has 0 unspecified atom stereocenters. The minimum absolute atomic E-state index is 0.146. The van der Waals surface area contributed by atoms with Gasteiger partial charge in [-0.05, 0) is 36.6 Å². The number of rotatable bonds is 5. The van der Waals surface area contributed by atoms with Gasteiger partial charge in [0.05, 0.1) is 31.3 Å². The van der Waals surface area contributed by atoms with E-state index in [9.17, 15) is 13.2 Å². The lowest BCUT2D eigenvalue weighted by molar-refractivity contribution is -0.115. The highest BCUT2D eigenvalue weighted by Gasteiger charge is 2.39. The predicted molar refractivity (Wildman–Crippen MR) is 123 cm³/mol. The fraction of sp³-hybridized carbons (Fsp3) is 0.318. The zero-order valence-corrected chi connectivity index (χ0v) is 19.3. The van der Waals surface area contributed by atoms with Crippen molar-refractivity contribution in [1.29, 1.82) is 0 Å². The van der Waals surface area contributed by atoms with Gasteiger partial charge >= 0.3 is 0 Å². The molecule has 2 aromatic heterocycles. The molecule has 0 bridgehead atoms. The summed E-state index contributed by atoms with van der Waals surface area (Å²) in [6, 6.07) is 11.6. The fourth-order valence-corrected chi connectivity index (χ4v) is 3.10. The lowest BCUT2D eigenvalue weighted by Gasteiger charge is -2.35. The molecule has 10 nitrogen and oxygen atoms in total. The second kappa shape index (κ2) is 9.69. The van der Waals surface area contributed by atoms with Gasteiger partial charge in [0.1, 0.15) is 11.6 Å². The minimum atomic E-state index is -3.67. The van der Waals surface area contributed by atoms with Crippen LogP contribution in [0, 0.1) is 6.92 Å². The molecule has 176 valence electrons. The lowest BCUT2D eigenvalue weighted by Crippen LogP contribution is -2.43. The van der Waals surface area contributed by atoms with Crippen LogP contribution in [0.4, 0.5) is 11.6 Å². The van der Waals surface area contributed by atoms with Crippen LogP contribution >= 0.6 is 0 Å². The van der Waals surface area contributed by atoms with Crippen molar-refractivity contribution in [2.45, 2.75) is 25.7 Å². The summed E-state index contributed by atoms with van der Waals surface area (Å²) in [5.74, 6) is 1.54. The molecule has 1 aromatic carbocycles. The number of benzene rings is 1. The van der Waals surface area contributed by atoms with Gasteiger partial charge in [0.2, 0.25) is 5.91 Å². The zero-order chi connectivity index (χ0) is 24.2. The van der Waals surface area contributed by atoms with Crippen molar-refractivity contribution >= 4 is 27.7 Å². The highest BCUT2D eigenvalue weighted by molar-refractivity contribution is 7.85. The monoisotopic (exact) mass is 474 g/mol. The van der Waals surface area contributed by atoms with Crippen molar-refractivity contribution in [1.82, 2.24) is 10.1 Å². The van der Waals surface area contributed by atoms with E-state index < -0.39 is 10.1 Å². The topological polar surface area (TPSA) is 158 Å². The average molecular weight is 475 g/mol. The standard InChI is InChI=1S/C21H22N4O3.CH4O3S/c1-13-7-16(10-23-20(13)22)15-5-3-14(4-6-15)8-19(26)24-18-9-17(28-25-18)21(2)11-27-12-21;1-5(2,3)4/h3-7,9-10H,8,11-12H2,1-2H3,(H2,22,23)(H,24,25,26);1H3,(H,2,3,4). The number of hydrogen-bond donors (Lipinski definition) is 3. The number of nitrogen functional groups attached to an aromatic ring is 1. The zero-order valence-electron chi connectivity index (χ0n) is 18.5. The van der Waals surface area contributed by atoms with E-state index in [1.54, 1.807) is 12.3 Å². The highest BCUT2D eigenvalue weighted by Crippen LogP contribution is 2.32. The molecule has 33 heavy (non-hydrogen) atoms. The Balaban J connectivity index is 0.000000555. The first-order valence-electron chi connectivity index (χ1n) is 10.0. The number of aryl methyl sites for hydroxylation is 1. The minimum Gasteiger partial charge on any atom is -0.383 e. The third kappa shape index (κ3) is 6.85. The molecule has 0 aliphatic carbocycles. The van der Waals surface area contributed by atoms with Crippen LogP contribution in [0.15, 0.2) is 47.1 Å². The molecular weight excluding hydrogens is 448 g/mol. The van der Waals surface area contributed by atoms with E-state index in [-0.39, 0.29) is 17.7 Å². The Morgan fingerprint density at radius 3 is 2.39 bits per heavy atom. The van der Waals surface area contributed by atoms with Gasteiger partial charge < -0.3 is 20.3 Å². The van der Waals surface area contributed by atoms with Crippen LogP contribution in [0.2, 0.25) is 0 Å². The van der Waals surface area contributed by atoms with Gasteiger partial charge in [-0.2, -0.15) is 8.42 Å². The van der Waals surface area contributed by atoms with Gasteiger partial charge in [0.25, 0.3) is 10.1 Å². The van der Waals surface area contributed by atoms with Crippen LogP contribution in [0.3, 0.4) is 0 Å². The molecule has 1 aliphatic rings. The Morgan fingerprint density at radius 1 is 1.21 bits per heavy atom. The molecule has 1 amide bonds. The molecule has 0 radical (unpaired) electrons. The number of carbonyl (C=O) groups excluding carboxylic acids is 1. The number of nitrogens with two attached hydrogens (primary N) is 1. The van der Waals surface area contributed by atoms with Crippen LogP contribution in [-0.4, -0.2) is 48.5 Å². The summed E-state index contributed by atoms with van der Waals surface area (Å²) in [4.78, 5) is 16.5. The summed E-state index contributed by atoms with van der Waals surface area (Å²) in [6.07, 6.45) is 2.72. The second-order valence-electron chi connectivity index (χ2n) is 8.21. The van der Waals surface area contributed by atoms with Gasteiger partial charge in [-0.1, -0.05) is 29.4 Å².